The fourth-order valence-corrected chi connectivity index (χ4v) is 2.46. The molecule has 1 fully saturated rings. The Kier molecular flexibility index (Phi) is 4.04. The molecule has 0 N–H and O–H groups in total. The first-order chi connectivity index (χ1) is 10.1. The van der Waals surface area contributed by atoms with Crippen molar-refractivity contribution in [2.45, 2.75) is 25.4 Å². The predicted molar refractivity (Wildman–Crippen MR) is 68.4 cm³/mol. The maximum Gasteiger partial charge on any atom is 0.431 e. The highest BCUT2D eigenvalue weighted by Crippen LogP contribution is 2.28. The van der Waals surface area contributed by atoms with E-state index in [1.807, 2.05) is 0 Å². The Labute approximate surface area is 122 Å². The topological polar surface area (TPSA) is 73.2 Å². The van der Waals surface area contributed by atoms with Gasteiger partial charge in [-0.05, 0) is 18.6 Å². The molecular weight excluding hydrogens is 303 g/mol. The van der Waals surface area contributed by atoms with E-state index in [0.29, 0.717) is 17.1 Å². The van der Waals surface area contributed by atoms with Gasteiger partial charge < -0.3 is 4.57 Å². The zero-order valence-electron chi connectivity index (χ0n) is 11.6. The van der Waals surface area contributed by atoms with Gasteiger partial charge in [0.25, 0.3) is 5.56 Å². The molecule has 1 heterocycles. The Balaban J connectivity index is 2.48. The van der Waals surface area contributed by atoms with Gasteiger partial charge in [-0.15, -0.1) is 0 Å². The molecule has 5 nitrogen and oxygen atoms in total. The van der Waals surface area contributed by atoms with Crippen LogP contribution in [-0.2, 0) is 22.8 Å². The second-order valence-electron chi connectivity index (χ2n) is 5.08. The SMILES string of the molecule is Cn1c(C(F)(F)F)ccc(C(=O)C2C(=O)CCCC2=O)c1=O. The summed E-state index contributed by atoms with van der Waals surface area (Å²) in [6, 6.07) is 1.31. The molecule has 0 unspecified atom stereocenters. The van der Waals surface area contributed by atoms with Gasteiger partial charge in [0.05, 0.1) is 5.56 Å². The summed E-state index contributed by atoms with van der Waals surface area (Å²) >= 11 is 0. The van der Waals surface area contributed by atoms with Crippen LogP contribution >= 0.6 is 0 Å². The van der Waals surface area contributed by atoms with E-state index >= 15 is 0 Å². The van der Waals surface area contributed by atoms with Crippen LogP contribution in [0.1, 0.15) is 35.3 Å². The van der Waals surface area contributed by atoms with Crippen molar-refractivity contribution in [1.82, 2.24) is 4.57 Å². The highest BCUT2D eigenvalue weighted by Gasteiger charge is 2.39. The standard InChI is InChI=1S/C14H12F3NO4/c1-18-10(14(15,16)17)6-5-7(13(18)22)12(21)11-8(19)3-2-4-9(11)20/h5-6,11H,2-4H2,1H3. The predicted octanol–water partition coefficient (Wildman–Crippen LogP) is 1.53. The minimum Gasteiger partial charge on any atom is -0.307 e. The number of hydrogen-bond acceptors (Lipinski definition) is 4. The number of halogens is 3. The Morgan fingerprint density at radius 3 is 2.18 bits per heavy atom. The Bertz CT molecular complexity index is 702. The molecule has 0 atom stereocenters. The van der Waals surface area contributed by atoms with E-state index in [2.05, 4.69) is 0 Å². The van der Waals surface area contributed by atoms with Crippen LogP contribution in [0.15, 0.2) is 16.9 Å². The van der Waals surface area contributed by atoms with Crippen molar-refractivity contribution in [2.75, 3.05) is 0 Å². The van der Waals surface area contributed by atoms with Gasteiger partial charge in [-0.2, -0.15) is 13.2 Å². The van der Waals surface area contributed by atoms with Crippen LogP contribution in [-0.4, -0.2) is 21.9 Å². The first kappa shape index (κ1) is 16.1. The maximum absolute atomic E-state index is 12.7. The van der Waals surface area contributed by atoms with Crippen molar-refractivity contribution in [1.29, 1.82) is 0 Å². The largest absolute Gasteiger partial charge is 0.431 e. The highest BCUT2D eigenvalue weighted by atomic mass is 19.4. The van der Waals surface area contributed by atoms with E-state index in [1.54, 1.807) is 0 Å². The van der Waals surface area contributed by atoms with Gasteiger partial charge in [0, 0.05) is 19.9 Å². The van der Waals surface area contributed by atoms with E-state index in [0.717, 1.165) is 13.1 Å². The van der Waals surface area contributed by atoms with Crippen molar-refractivity contribution in [3.8, 4) is 0 Å². The molecule has 0 spiro atoms. The van der Waals surface area contributed by atoms with Crippen LogP contribution in [0.25, 0.3) is 0 Å². The van der Waals surface area contributed by atoms with E-state index in [-0.39, 0.29) is 12.8 Å². The fraction of sp³-hybridized carbons (Fsp3) is 0.429. The lowest BCUT2D eigenvalue weighted by atomic mass is 9.82. The van der Waals surface area contributed by atoms with Crippen LogP contribution in [0.4, 0.5) is 13.2 Å². The first-order valence-corrected chi connectivity index (χ1v) is 6.51. The van der Waals surface area contributed by atoms with Crippen molar-refractivity contribution in [3.63, 3.8) is 0 Å². The summed E-state index contributed by atoms with van der Waals surface area (Å²) in [6.45, 7) is 0. The summed E-state index contributed by atoms with van der Waals surface area (Å²) in [7, 11) is 0.881. The third-order valence-electron chi connectivity index (χ3n) is 3.61. The average molecular weight is 315 g/mol. The van der Waals surface area contributed by atoms with Crippen molar-refractivity contribution >= 4 is 17.3 Å². The molecule has 118 valence electrons. The summed E-state index contributed by atoms with van der Waals surface area (Å²) in [5.41, 5.74) is -2.97. The van der Waals surface area contributed by atoms with Gasteiger partial charge in [-0.1, -0.05) is 0 Å². The molecule has 0 saturated heterocycles. The molecule has 0 aromatic carbocycles. The number of Topliss-reactive ketones (excluding diaryl/α,β-unsaturated/α-hetero) is 3. The number of aromatic nitrogens is 1. The van der Waals surface area contributed by atoms with E-state index in [4.69, 9.17) is 0 Å². The molecular formula is C14H12F3NO4. The van der Waals surface area contributed by atoms with Crippen molar-refractivity contribution < 1.29 is 27.6 Å². The smallest absolute Gasteiger partial charge is 0.307 e. The number of nitrogens with zero attached hydrogens (tertiary/aromatic N) is 1. The number of rotatable bonds is 2. The third-order valence-corrected chi connectivity index (χ3v) is 3.61. The van der Waals surface area contributed by atoms with Gasteiger partial charge in [-0.3, -0.25) is 19.2 Å². The van der Waals surface area contributed by atoms with Gasteiger partial charge in [0.2, 0.25) is 0 Å². The molecule has 0 radical (unpaired) electrons. The number of hydrogen-bond donors (Lipinski definition) is 0. The minimum absolute atomic E-state index is 0.0447. The monoisotopic (exact) mass is 315 g/mol. The van der Waals surface area contributed by atoms with Crippen molar-refractivity contribution in [3.05, 3.63) is 33.7 Å². The van der Waals surface area contributed by atoms with Crippen LogP contribution in [0.2, 0.25) is 0 Å². The number of alkyl halides is 3. The summed E-state index contributed by atoms with van der Waals surface area (Å²) in [6.07, 6.45) is -4.31. The first-order valence-electron chi connectivity index (χ1n) is 6.51. The summed E-state index contributed by atoms with van der Waals surface area (Å²) in [5, 5.41) is 0. The number of carbonyl (C=O) groups excluding carboxylic acids is 3. The zero-order valence-corrected chi connectivity index (χ0v) is 11.6. The molecule has 22 heavy (non-hydrogen) atoms. The normalized spacial score (nSPS) is 16.9. The molecule has 1 aliphatic carbocycles. The third kappa shape index (κ3) is 2.72. The van der Waals surface area contributed by atoms with E-state index in [1.165, 1.54) is 0 Å². The van der Waals surface area contributed by atoms with Crippen molar-refractivity contribution in [2.24, 2.45) is 13.0 Å². The summed E-state index contributed by atoms with van der Waals surface area (Å²) in [5.74, 6) is -3.78. The number of carbonyl (C=O) groups is 3. The van der Waals surface area contributed by atoms with Gasteiger partial charge in [0.1, 0.15) is 11.6 Å². The molecule has 1 saturated carbocycles. The lowest BCUT2D eigenvalue weighted by Gasteiger charge is -2.19. The lowest BCUT2D eigenvalue weighted by molar-refractivity contribution is -0.143. The number of pyridine rings is 1. The molecule has 0 aliphatic heterocycles. The van der Waals surface area contributed by atoms with Crippen LogP contribution < -0.4 is 5.56 Å². The number of ketones is 3. The van der Waals surface area contributed by atoms with E-state index in [9.17, 15) is 32.3 Å². The summed E-state index contributed by atoms with van der Waals surface area (Å²) < 4.78 is 38.4. The Hall–Kier alpha value is -2.25. The molecule has 0 amide bonds. The van der Waals surface area contributed by atoms with E-state index < -0.39 is 46.3 Å². The molecule has 2 rings (SSSR count). The Morgan fingerprint density at radius 1 is 1.14 bits per heavy atom. The maximum atomic E-state index is 12.7. The second kappa shape index (κ2) is 5.51. The van der Waals surface area contributed by atoms with Crippen LogP contribution in [0.5, 0.6) is 0 Å². The Morgan fingerprint density at radius 2 is 1.68 bits per heavy atom. The molecule has 1 aliphatic rings. The molecule has 1 aromatic heterocycles. The fourth-order valence-electron chi connectivity index (χ4n) is 2.46. The van der Waals surface area contributed by atoms with Gasteiger partial charge in [-0.25, -0.2) is 0 Å². The second-order valence-corrected chi connectivity index (χ2v) is 5.08. The minimum atomic E-state index is -4.74. The molecule has 1 aromatic rings. The summed E-state index contributed by atoms with van der Waals surface area (Å²) in [4.78, 5) is 47.6. The average Bonchev–Trinajstić information content (AvgIpc) is 2.40. The molecule has 8 heteroatoms. The van der Waals surface area contributed by atoms with Crippen LogP contribution in [0, 0.1) is 5.92 Å². The lowest BCUT2D eigenvalue weighted by Crippen LogP contribution is -2.39. The zero-order chi connectivity index (χ0) is 16.7. The van der Waals surface area contributed by atoms with Gasteiger partial charge in [0.15, 0.2) is 17.3 Å². The van der Waals surface area contributed by atoms with Gasteiger partial charge >= 0.3 is 6.18 Å². The van der Waals surface area contributed by atoms with Crippen LogP contribution in [0.3, 0.4) is 0 Å². The molecule has 0 bridgehead atoms. The highest BCUT2D eigenvalue weighted by molar-refractivity contribution is 6.24. The quantitative estimate of drug-likeness (QED) is 0.613.